The third-order valence-electron chi connectivity index (χ3n) is 4.08. The number of hydrogen-bond acceptors (Lipinski definition) is 3. The Balaban J connectivity index is 1.90. The summed E-state index contributed by atoms with van der Waals surface area (Å²) in [5, 5.41) is 11.3. The van der Waals surface area contributed by atoms with Gasteiger partial charge in [0.15, 0.2) is 0 Å². The van der Waals surface area contributed by atoms with Crippen LogP contribution in [0.15, 0.2) is 42.5 Å². The molecule has 2 aromatic rings. The molecule has 138 valence electrons. The van der Waals surface area contributed by atoms with Gasteiger partial charge in [0.1, 0.15) is 11.5 Å². The van der Waals surface area contributed by atoms with Crippen LogP contribution in [0.3, 0.4) is 0 Å². The lowest BCUT2D eigenvalue weighted by Gasteiger charge is -2.12. The normalized spacial score (nSPS) is 10.6. The van der Waals surface area contributed by atoms with Crippen LogP contribution < -0.4 is 10.1 Å². The predicted molar refractivity (Wildman–Crippen MR) is 101 cm³/mol. The van der Waals surface area contributed by atoms with Crippen LogP contribution in [-0.2, 0) is 16.1 Å². The summed E-state index contributed by atoms with van der Waals surface area (Å²) in [5.41, 5.74) is 3.44. The lowest BCUT2D eigenvalue weighted by Crippen LogP contribution is -2.23. The number of carbonyl (C=O) groups is 2. The van der Waals surface area contributed by atoms with Crippen LogP contribution in [-0.4, -0.2) is 17.0 Å². The molecule has 0 fully saturated rings. The van der Waals surface area contributed by atoms with Gasteiger partial charge in [-0.2, -0.15) is 0 Å². The summed E-state index contributed by atoms with van der Waals surface area (Å²) in [6.07, 6.45) is -0.171. The molecule has 0 aliphatic rings. The lowest BCUT2D eigenvalue weighted by molar-refractivity contribution is -0.138. The van der Waals surface area contributed by atoms with E-state index in [1.54, 1.807) is 0 Å². The second kappa shape index (κ2) is 9.04. The van der Waals surface area contributed by atoms with Crippen LogP contribution in [0.2, 0.25) is 0 Å². The zero-order valence-corrected chi connectivity index (χ0v) is 15.4. The zero-order chi connectivity index (χ0) is 19.1. The number of carbonyl (C=O) groups excluding carboxylic acids is 1. The van der Waals surface area contributed by atoms with E-state index in [9.17, 15) is 9.59 Å². The van der Waals surface area contributed by atoms with Crippen molar-refractivity contribution in [2.24, 2.45) is 0 Å². The second-order valence-electron chi connectivity index (χ2n) is 6.59. The minimum absolute atomic E-state index is 0.0117. The van der Waals surface area contributed by atoms with E-state index >= 15 is 0 Å². The molecule has 2 rings (SSSR count). The van der Waals surface area contributed by atoms with E-state index in [4.69, 9.17) is 9.84 Å². The van der Waals surface area contributed by atoms with Gasteiger partial charge in [-0.25, -0.2) is 0 Å². The first kappa shape index (κ1) is 19.5. The number of hydrogen-bond donors (Lipinski definition) is 2. The Bertz CT molecular complexity index is 766. The first-order chi connectivity index (χ1) is 12.3. The number of ether oxygens (including phenoxy) is 1. The van der Waals surface area contributed by atoms with Gasteiger partial charge in [0, 0.05) is 13.0 Å². The van der Waals surface area contributed by atoms with Crippen molar-refractivity contribution in [3.05, 3.63) is 59.2 Å². The zero-order valence-electron chi connectivity index (χ0n) is 15.4. The van der Waals surface area contributed by atoms with E-state index in [0.29, 0.717) is 12.5 Å². The number of aliphatic carboxylic acids is 1. The fourth-order valence-corrected chi connectivity index (χ4v) is 2.68. The molecule has 5 heteroatoms. The maximum Gasteiger partial charge on any atom is 0.303 e. The number of rotatable bonds is 8. The lowest BCUT2D eigenvalue weighted by atomic mass is 9.98. The monoisotopic (exact) mass is 355 g/mol. The number of nitrogens with one attached hydrogen (secondary N) is 1. The van der Waals surface area contributed by atoms with Crippen LogP contribution in [0.25, 0.3) is 0 Å². The third-order valence-corrected chi connectivity index (χ3v) is 4.08. The van der Waals surface area contributed by atoms with Crippen molar-refractivity contribution >= 4 is 11.9 Å². The molecule has 0 atom stereocenters. The summed E-state index contributed by atoms with van der Waals surface area (Å²) >= 11 is 0. The molecule has 0 saturated heterocycles. The average Bonchev–Trinajstić information content (AvgIpc) is 2.59. The van der Waals surface area contributed by atoms with Crippen molar-refractivity contribution < 1.29 is 19.4 Å². The van der Waals surface area contributed by atoms with Crippen molar-refractivity contribution in [2.75, 3.05) is 0 Å². The van der Waals surface area contributed by atoms with Crippen molar-refractivity contribution in [3.8, 4) is 11.5 Å². The molecule has 1 amide bonds. The molecule has 0 aliphatic carbocycles. The molecule has 2 N–H and O–H groups in total. The molecule has 0 unspecified atom stereocenters. The molecule has 2 aromatic carbocycles. The molecule has 0 heterocycles. The molecular formula is C21H25NO4. The molecule has 0 bridgehead atoms. The highest BCUT2D eigenvalue weighted by atomic mass is 16.5. The second-order valence-corrected chi connectivity index (χ2v) is 6.59. The minimum Gasteiger partial charge on any atom is -0.481 e. The van der Waals surface area contributed by atoms with Crippen LogP contribution in [0.1, 0.15) is 49.3 Å². The van der Waals surface area contributed by atoms with E-state index in [-0.39, 0.29) is 18.7 Å². The summed E-state index contributed by atoms with van der Waals surface area (Å²) in [4.78, 5) is 22.0. The summed E-state index contributed by atoms with van der Waals surface area (Å²) in [5.74, 6) is 0.755. The third kappa shape index (κ3) is 5.92. The Morgan fingerprint density at radius 1 is 1.04 bits per heavy atom. The number of carboxylic acids is 1. The molecule has 0 aliphatic heterocycles. The van der Waals surface area contributed by atoms with Crippen molar-refractivity contribution in [3.63, 3.8) is 0 Å². The molecule has 5 nitrogen and oxygen atoms in total. The number of aryl methyl sites for hydroxylation is 1. The summed E-state index contributed by atoms with van der Waals surface area (Å²) in [6, 6.07) is 13.6. The highest BCUT2D eigenvalue weighted by Gasteiger charge is 2.07. The largest absolute Gasteiger partial charge is 0.481 e. The molecule has 0 aromatic heterocycles. The number of amides is 1. The van der Waals surface area contributed by atoms with Crippen LogP contribution in [0.5, 0.6) is 11.5 Å². The van der Waals surface area contributed by atoms with E-state index < -0.39 is 5.97 Å². The van der Waals surface area contributed by atoms with Gasteiger partial charge in [-0.3, -0.25) is 9.59 Å². The van der Waals surface area contributed by atoms with Crippen molar-refractivity contribution in [1.82, 2.24) is 5.32 Å². The maximum absolute atomic E-state index is 11.5. The fraction of sp³-hybridized carbons (Fsp3) is 0.333. The Labute approximate surface area is 154 Å². The summed E-state index contributed by atoms with van der Waals surface area (Å²) in [6.45, 7) is 6.78. The molecule has 0 saturated carbocycles. The van der Waals surface area contributed by atoms with Gasteiger partial charge in [0.25, 0.3) is 0 Å². The highest BCUT2D eigenvalue weighted by Crippen LogP contribution is 2.27. The smallest absolute Gasteiger partial charge is 0.303 e. The van der Waals surface area contributed by atoms with E-state index in [2.05, 4.69) is 32.2 Å². The van der Waals surface area contributed by atoms with Gasteiger partial charge >= 0.3 is 5.97 Å². The Hall–Kier alpha value is -2.82. The Morgan fingerprint density at radius 3 is 2.27 bits per heavy atom. The molecule has 0 radical (unpaired) electrons. The highest BCUT2D eigenvalue weighted by molar-refractivity contribution is 5.80. The SMILES string of the molecule is Cc1cc(Oc2ccc(CNC(=O)CCC(=O)O)cc2)ccc1C(C)C. The maximum atomic E-state index is 11.5. The standard InChI is InChI=1S/C21H25NO4/c1-14(2)19-9-8-18(12-15(19)3)26-17-6-4-16(5-7-17)13-22-20(23)10-11-21(24)25/h4-9,12,14H,10-11,13H2,1-3H3,(H,22,23)(H,24,25). The minimum atomic E-state index is -0.974. The van der Waals surface area contributed by atoms with Gasteiger partial charge < -0.3 is 15.2 Å². The Kier molecular flexibility index (Phi) is 6.78. The average molecular weight is 355 g/mol. The number of carboxylic acid groups (broad SMARTS) is 1. The van der Waals surface area contributed by atoms with Gasteiger partial charge in [-0.1, -0.05) is 32.0 Å². The van der Waals surface area contributed by atoms with E-state index in [1.807, 2.05) is 36.4 Å². The van der Waals surface area contributed by atoms with Gasteiger partial charge in [0.2, 0.25) is 5.91 Å². The first-order valence-electron chi connectivity index (χ1n) is 8.71. The molecule has 26 heavy (non-hydrogen) atoms. The fourth-order valence-electron chi connectivity index (χ4n) is 2.68. The van der Waals surface area contributed by atoms with Crippen LogP contribution in [0.4, 0.5) is 0 Å². The predicted octanol–water partition coefficient (Wildman–Crippen LogP) is 4.39. The quantitative estimate of drug-likeness (QED) is 0.736. The van der Waals surface area contributed by atoms with Crippen LogP contribution >= 0.6 is 0 Å². The summed E-state index contributed by atoms with van der Waals surface area (Å²) in [7, 11) is 0. The molecule has 0 spiro atoms. The van der Waals surface area contributed by atoms with Gasteiger partial charge in [-0.05, 0) is 53.8 Å². The van der Waals surface area contributed by atoms with Gasteiger partial charge in [-0.15, -0.1) is 0 Å². The topological polar surface area (TPSA) is 75.6 Å². The van der Waals surface area contributed by atoms with E-state index in [0.717, 1.165) is 17.1 Å². The number of benzene rings is 2. The van der Waals surface area contributed by atoms with Gasteiger partial charge in [0.05, 0.1) is 6.42 Å². The van der Waals surface area contributed by atoms with Crippen molar-refractivity contribution in [2.45, 2.75) is 46.1 Å². The Morgan fingerprint density at radius 2 is 1.69 bits per heavy atom. The van der Waals surface area contributed by atoms with Crippen molar-refractivity contribution in [1.29, 1.82) is 0 Å². The van der Waals surface area contributed by atoms with E-state index in [1.165, 1.54) is 11.1 Å². The summed E-state index contributed by atoms with van der Waals surface area (Å²) < 4.78 is 5.89. The molecular weight excluding hydrogens is 330 g/mol. The first-order valence-corrected chi connectivity index (χ1v) is 8.71. The van der Waals surface area contributed by atoms with Crippen LogP contribution in [0, 0.1) is 6.92 Å².